The molecule has 0 aliphatic rings. The molecule has 0 unspecified atom stereocenters. The number of nitrogens with zero attached hydrogens (tertiary/aromatic N) is 2. The van der Waals surface area contributed by atoms with Crippen molar-refractivity contribution in [2.45, 2.75) is 5.16 Å². The van der Waals surface area contributed by atoms with E-state index in [2.05, 4.69) is 15.3 Å². The van der Waals surface area contributed by atoms with Gasteiger partial charge >= 0.3 is 5.97 Å². The van der Waals surface area contributed by atoms with Crippen LogP contribution in [0.4, 0.5) is 5.69 Å². The monoisotopic (exact) mass is 355 g/mol. The van der Waals surface area contributed by atoms with E-state index in [1.54, 1.807) is 0 Å². The number of carboxylic acids is 1. The van der Waals surface area contributed by atoms with Crippen LogP contribution in [0.2, 0.25) is 5.02 Å². The number of anilines is 1. The Bertz CT molecular complexity index is 898. The molecular formula is C13H10ClN3O5S. The molecule has 10 heteroatoms. The zero-order valence-electron chi connectivity index (χ0n) is 11.6. The summed E-state index contributed by atoms with van der Waals surface area (Å²) in [6.07, 6.45) is 1.88. The molecule has 1 aromatic heterocycles. The lowest BCUT2D eigenvalue weighted by Crippen LogP contribution is -2.18. The maximum Gasteiger partial charge on any atom is 0.337 e. The Labute approximate surface area is 136 Å². The molecule has 2 rings (SSSR count). The fourth-order valence-corrected chi connectivity index (χ4v) is 2.33. The first-order valence-electron chi connectivity index (χ1n) is 6.06. The van der Waals surface area contributed by atoms with Gasteiger partial charge in [-0.2, -0.15) is 0 Å². The van der Waals surface area contributed by atoms with Crippen LogP contribution in [-0.4, -0.2) is 41.6 Å². The third kappa shape index (κ3) is 3.82. The number of benzene rings is 1. The van der Waals surface area contributed by atoms with Crippen LogP contribution in [0.3, 0.4) is 0 Å². The van der Waals surface area contributed by atoms with Gasteiger partial charge in [-0.25, -0.2) is 23.2 Å². The van der Waals surface area contributed by atoms with Crippen molar-refractivity contribution >= 4 is 39.0 Å². The maximum atomic E-state index is 12.2. The second-order valence-corrected chi connectivity index (χ2v) is 6.74. The zero-order valence-corrected chi connectivity index (χ0v) is 13.2. The Morgan fingerprint density at radius 2 is 1.91 bits per heavy atom. The molecule has 0 fully saturated rings. The summed E-state index contributed by atoms with van der Waals surface area (Å²) in [6.45, 7) is 0. The lowest BCUT2D eigenvalue weighted by molar-refractivity contribution is 0.0698. The smallest absolute Gasteiger partial charge is 0.337 e. The summed E-state index contributed by atoms with van der Waals surface area (Å²) in [6, 6.07) is 5.72. The number of carbonyl (C=O) groups is 2. The first kappa shape index (κ1) is 16.8. The number of aromatic carboxylic acids is 1. The van der Waals surface area contributed by atoms with Crippen molar-refractivity contribution in [2.75, 3.05) is 11.6 Å². The third-order valence-corrected chi connectivity index (χ3v) is 3.81. The molecule has 2 aromatic rings. The molecule has 0 spiro atoms. The summed E-state index contributed by atoms with van der Waals surface area (Å²) in [5.74, 6) is -2.08. The highest BCUT2D eigenvalue weighted by molar-refractivity contribution is 7.90. The SMILES string of the molecule is CS(=O)(=O)c1ncc(Cl)c(C(=O)Nc2ccccc2C(=O)O)n1. The second-order valence-electron chi connectivity index (χ2n) is 4.43. The molecule has 1 aromatic carbocycles. The first-order valence-corrected chi connectivity index (χ1v) is 8.33. The molecule has 1 amide bonds. The summed E-state index contributed by atoms with van der Waals surface area (Å²) in [5, 5.41) is 10.7. The fourth-order valence-electron chi connectivity index (χ4n) is 1.65. The van der Waals surface area contributed by atoms with E-state index in [4.69, 9.17) is 16.7 Å². The first-order chi connectivity index (χ1) is 10.7. The standard InChI is InChI=1S/C13H10ClN3O5S/c1-23(21,22)13-15-6-8(14)10(17-13)11(18)16-9-5-3-2-4-7(9)12(19)20/h2-6H,1H3,(H,16,18)(H,19,20). The van der Waals surface area contributed by atoms with Crippen molar-refractivity contribution < 1.29 is 23.1 Å². The van der Waals surface area contributed by atoms with Crippen molar-refractivity contribution in [3.05, 3.63) is 46.7 Å². The number of nitrogens with one attached hydrogen (secondary N) is 1. The minimum Gasteiger partial charge on any atom is -0.478 e. The van der Waals surface area contributed by atoms with Crippen LogP contribution in [0, 0.1) is 0 Å². The Hall–Kier alpha value is -2.52. The minimum atomic E-state index is -3.73. The lowest BCUT2D eigenvalue weighted by atomic mass is 10.2. The van der Waals surface area contributed by atoms with Crippen LogP contribution in [0.5, 0.6) is 0 Å². The number of aromatic nitrogens is 2. The van der Waals surface area contributed by atoms with E-state index in [9.17, 15) is 18.0 Å². The number of hydrogen-bond acceptors (Lipinski definition) is 6. The zero-order chi connectivity index (χ0) is 17.2. The van der Waals surface area contributed by atoms with E-state index in [0.29, 0.717) is 0 Å². The van der Waals surface area contributed by atoms with Gasteiger partial charge in [-0.15, -0.1) is 0 Å². The van der Waals surface area contributed by atoms with E-state index in [-0.39, 0.29) is 22.0 Å². The number of carbonyl (C=O) groups excluding carboxylic acids is 1. The molecule has 1 heterocycles. The molecule has 2 N–H and O–H groups in total. The molecule has 120 valence electrons. The Kier molecular flexibility index (Phi) is 4.62. The van der Waals surface area contributed by atoms with Gasteiger partial charge in [0.15, 0.2) is 5.69 Å². The topological polar surface area (TPSA) is 126 Å². The van der Waals surface area contributed by atoms with E-state index in [1.807, 2.05) is 0 Å². The van der Waals surface area contributed by atoms with Crippen LogP contribution >= 0.6 is 11.6 Å². The molecule has 0 saturated heterocycles. The Balaban J connectivity index is 2.41. The number of rotatable bonds is 4. The fraction of sp³-hybridized carbons (Fsp3) is 0.0769. The molecule has 0 saturated carbocycles. The number of amides is 1. The Morgan fingerprint density at radius 1 is 1.26 bits per heavy atom. The van der Waals surface area contributed by atoms with E-state index in [0.717, 1.165) is 12.5 Å². The van der Waals surface area contributed by atoms with Crippen molar-refractivity contribution in [3.63, 3.8) is 0 Å². The van der Waals surface area contributed by atoms with Gasteiger partial charge in [-0.3, -0.25) is 4.79 Å². The second kappa shape index (κ2) is 6.31. The van der Waals surface area contributed by atoms with Crippen molar-refractivity contribution in [3.8, 4) is 0 Å². The maximum absolute atomic E-state index is 12.2. The number of halogens is 1. The van der Waals surface area contributed by atoms with Gasteiger partial charge in [0, 0.05) is 6.26 Å². The highest BCUT2D eigenvalue weighted by Crippen LogP contribution is 2.19. The summed E-state index contributed by atoms with van der Waals surface area (Å²) < 4.78 is 22.9. The number of hydrogen-bond donors (Lipinski definition) is 2. The van der Waals surface area contributed by atoms with Crippen LogP contribution in [0.25, 0.3) is 0 Å². The third-order valence-electron chi connectivity index (χ3n) is 2.67. The van der Waals surface area contributed by atoms with Gasteiger partial charge in [0.1, 0.15) is 0 Å². The largest absolute Gasteiger partial charge is 0.478 e. The molecule has 0 atom stereocenters. The quantitative estimate of drug-likeness (QED) is 0.795. The molecule has 23 heavy (non-hydrogen) atoms. The molecule has 0 aliphatic heterocycles. The lowest BCUT2D eigenvalue weighted by Gasteiger charge is -2.09. The van der Waals surface area contributed by atoms with Crippen molar-refractivity contribution in [1.29, 1.82) is 0 Å². The molecular weight excluding hydrogens is 346 g/mol. The normalized spacial score (nSPS) is 11.0. The highest BCUT2D eigenvalue weighted by atomic mass is 35.5. The van der Waals surface area contributed by atoms with Crippen LogP contribution < -0.4 is 5.32 Å². The van der Waals surface area contributed by atoms with E-state index >= 15 is 0 Å². The number of carboxylic acid groups (broad SMARTS) is 1. The van der Waals surface area contributed by atoms with E-state index in [1.165, 1.54) is 24.3 Å². The summed E-state index contributed by atoms with van der Waals surface area (Å²) in [4.78, 5) is 30.5. The van der Waals surface area contributed by atoms with Gasteiger partial charge in [-0.1, -0.05) is 23.7 Å². The molecule has 0 aliphatic carbocycles. The minimum absolute atomic E-state index is 0.0283. The summed E-state index contributed by atoms with van der Waals surface area (Å²) in [5.41, 5.74) is -0.475. The average Bonchev–Trinajstić information content (AvgIpc) is 2.46. The number of para-hydroxylation sites is 1. The van der Waals surface area contributed by atoms with Gasteiger partial charge < -0.3 is 10.4 Å². The number of sulfone groups is 1. The molecule has 0 bridgehead atoms. The predicted molar refractivity (Wildman–Crippen MR) is 81.5 cm³/mol. The van der Waals surface area contributed by atoms with Crippen LogP contribution in [0.1, 0.15) is 20.8 Å². The van der Waals surface area contributed by atoms with Crippen molar-refractivity contribution in [2.24, 2.45) is 0 Å². The predicted octanol–water partition coefficient (Wildman–Crippen LogP) is 1.48. The van der Waals surface area contributed by atoms with Crippen LogP contribution in [-0.2, 0) is 9.84 Å². The Morgan fingerprint density at radius 3 is 2.52 bits per heavy atom. The molecule has 8 nitrogen and oxygen atoms in total. The van der Waals surface area contributed by atoms with E-state index < -0.39 is 26.9 Å². The summed E-state index contributed by atoms with van der Waals surface area (Å²) >= 11 is 5.81. The molecule has 0 radical (unpaired) electrons. The van der Waals surface area contributed by atoms with Gasteiger partial charge in [0.25, 0.3) is 5.91 Å². The van der Waals surface area contributed by atoms with Gasteiger partial charge in [-0.05, 0) is 12.1 Å². The summed E-state index contributed by atoms with van der Waals surface area (Å²) in [7, 11) is -3.73. The van der Waals surface area contributed by atoms with Gasteiger partial charge in [0.05, 0.1) is 22.5 Å². The average molecular weight is 356 g/mol. The highest BCUT2D eigenvalue weighted by Gasteiger charge is 2.20. The van der Waals surface area contributed by atoms with Gasteiger partial charge in [0.2, 0.25) is 15.0 Å². The van der Waals surface area contributed by atoms with Crippen LogP contribution in [0.15, 0.2) is 35.6 Å². The van der Waals surface area contributed by atoms with Crippen molar-refractivity contribution in [1.82, 2.24) is 9.97 Å².